The lowest BCUT2D eigenvalue weighted by Crippen LogP contribution is -2.11. The van der Waals surface area contributed by atoms with Crippen LogP contribution in [0.15, 0.2) is 41.3 Å². The summed E-state index contributed by atoms with van der Waals surface area (Å²) in [6, 6.07) is 7.46. The van der Waals surface area contributed by atoms with Gasteiger partial charge in [0.05, 0.1) is 21.7 Å². The molecular weight excluding hydrogens is 381 g/mol. The summed E-state index contributed by atoms with van der Waals surface area (Å²) < 4.78 is 64.6. The lowest BCUT2D eigenvalue weighted by Gasteiger charge is -2.17. The fourth-order valence-electron chi connectivity index (χ4n) is 2.84. The molecule has 2 aromatic carbocycles. The number of anilines is 1. The maximum Gasteiger partial charge on any atom is 0.417 e. The van der Waals surface area contributed by atoms with Crippen molar-refractivity contribution in [1.29, 1.82) is 0 Å². The second kappa shape index (κ2) is 6.78. The zero-order valence-electron chi connectivity index (χ0n) is 14.5. The van der Waals surface area contributed by atoms with Crippen LogP contribution in [0.2, 0.25) is 0 Å². The maximum atomic E-state index is 13.5. The number of hydrogen-bond donors (Lipinski definition) is 2. The van der Waals surface area contributed by atoms with Crippen molar-refractivity contribution in [1.82, 2.24) is 16.1 Å². The van der Waals surface area contributed by atoms with Gasteiger partial charge in [-0.15, -0.1) is 0 Å². The van der Waals surface area contributed by atoms with E-state index in [9.17, 15) is 21.6 Å². The van der Waals surface area contributed by atoms with Crippen LogP contribution >= 0.6 is 0 Å². The van der Waals surface area contributed by atoms with E-state index < -0.39 is 32.0 Å². The van der Waals surface area contributed by atoms with E-state index in [2.05, 4.69) is 9.97 Å². The Morgan fingerprint density at radius 2 is 1.74 bits per heavy atom. The van der Waals surface area contributed by atoms with Crippen molar-refractivity contribution < 1.29 is 21.6 Å². The predicted octanol–water partition coefficient (Wildman–Crippen LogP) is 3.77. The van der Waals surface area contributed by atoms with Gasteiger partial charge in [0.25, 0.3) is 0 Å². The zero-order chi connectivity index (χ0) is 19.3. The molecule has 0 aliphatic carbocycles. The van der Waals surface area contributed by atoms with Gasteiger partial charge in [-0.1, -0.05) is 18.2 Å². The summed E-state index contributed by atoms with van der Waals surface area (Å²) in [6.45, 7) is 1.70. The average Bonchev–Trinajstić information content (AvgIpc) is 2.51. The van der Waals surface area contributed by atoms with E-state index in [1.165, 1.54) is 12.1 Å². The molecule has 0 amide bonds. The minimum atomic E-state index is -4.72. The number of nitrogens with two attached hydrogens (primary N) is 1. The number of nitrogen functional groups attached to an aromatic ring is 1. The number of fused-ring (bicyclic) bond motifs is 1. The molecule has 3 aromatic rings. The number of aromatic nitrogens is 2. The van der Waals surface area contributed by atoms with E-state index in [-0.39, 0.29) is 17.7 Å². The van der Waals surface area contributed by atoms with Gasteiger partial charge in [-0.2, -0.15) is 13.2 Å². The largest absolute Gasteiger partial charge is 0.417 e. The number of aryl methyl sites for hydroxylation is 1. The molecule has 0 bridgehead atoms. The molecule has 1 heterocycles. The van der Waals surface area contributed by atoms with Crippen molar-refractivity contribution >= 4 is 26.7 Å². The summed E-state index contributed by atoms with van der Waals surface area (Å²) in [7, 11) is -3.89. The van der Waals surface area contributed by atoms with Crippen LogP contribution in [-0.2, 0) is 16.0 Å². The molecule has 10 heteroatoms. The molecule has 27 heavy (non-hydrogen) atoms. The average molecular weight is 398 g/mol. The smallest absolute Gasteiger partial charge is 0.368 e. The van der Waals surface area contributed by atoms with Gasteiger partial charge in [0.1, 0.15) is 0 Å². The standard InChI is InChI=1S/C17H14F3N3O2S.H3N/c1-9-11-7-6-10(8-13(11)23-16(21)22-9)15-12(17(18,19)20)4-3-5-14(15)26(2,24)25;/h3-8H,1-2H3,(H2,21,22,23);1H3. The summed E-state index contributed by atoms with van der Waals surface area (Å²) in [5.74, 6) is -0.0143. The Balaban J connectivity index is 0.00000261. The number of rotatable bonds is 2. The highest BCUT2D eigenvalue weighted by molar-refractivity contribution is 7.90. The molecule has 5 N–H and O–H groups in total. The van der Waals surface area contributed by atoms with Crippen molar-refractivity contribution in [2.45, 2.75) is 18.0 Å². The Morgan fingerprint density at radius 3 is 2.33 bits per heavy atom. The molecule has 6 nitrogen and oxygen atoms in total. The molecule has 0 fully saturated rings. The van der Waals surface area contributed by atoms with Crippen LogP contribution in [0.1, 0.15) is 11.3 Å². The third-order valence-corrected chi connectivity index (χ3v) is 5.06. The summed E-state index contributed by atoms with van der Waals surface area (Å²) in [4.78, 5) is 7.65. The summed E-state index contributed by atoms with van der Waals surface area (Å²) in [6.07, 6.45) is -3.84. The van der Waals surface area contributed by atoms with Crippen molar-refractivity contribution in [3.05, 3.63) is 47.7 Å². The van der Waals surface area contributed by atoms with E-state index in [0.29, 0.717) is 16.6 Å². The van der Waals surface area contributed by atoms with Gasteiger partial charge in [-0.25, -0.2) is 18.4 Å². The van der Waals surface area contributed by atoms with Crippen LogP contribution in [0.4, 0.5) is 19.1 Å². The van der Waals surface area contributed by atoms with Gasteiger partial charge in [0, 0.05) is 17.2 Å². The molecule has 0 unspecified atom stereocenters. The Kier molecular flexibility index (Phi) is 5.17. The molecule has 0 saturated carbocycles. The Labute approximate surface area is 153 Å². The minimum absolute atomic E-state index is 0. The first-order chi connectivity index (χ1) is 12.0. The molecule has 0 atom stereocenters. The predicted molar refractivity (Wildman–Crippen MR) is 97.3 cm³/mol. The topological polar surface area (TPSA) is 121 Å². The Hall–Kier alpha value is -2.72. The van der Waals surface area contributed by atoms with E-state index in [0.717, 1.165) is 24.5 Å². The molecule has 0 radical (unpaired) electrons. The van der Waals surface area contributed by atoms with Crippen LogP contribution in [-0.4, -0.2) is 24.6 Å². The van der Waals surface area contributed by atoms with Crippen molar-refractivity contribution in [3.63, 3.8) is 0 Å². The lowest BCUT2D eigenvalue weighted by molar-refractivity contribution is -0.137. The quantitative estimate of drug-likeness (QED) is 0.678. The first-order valence-corrected chi connectivity index (χ1v) is 9.32. The monoisotopic (exact) mass is 398 g/mol. The Morgan fingerprint density at radius 1 is 1.07 bits per heavy atom. The van der Waals surface area contributed by atoms with Gasteiger partial charge in [-0.3, -0.25) is 0 Å². The second-order valence-electron chi connectivity index (χ2n) is 5.85. The first-order valence-electron chi connectivity index (χ1n) is 7.43. The van der Waals surface area contributed by atoms with E-state index in [4.69, 9.17) is 5.73 Å². The third kappa shape index (κ3) is 3.86. The summed E-state index contributed by atoms with van der Waals surface area (Å²) in [5, 5.41) is 0.619. The zero-order valence-corrected chi connectivity index (χ0v) is 15.3. The molecule has 144 valence electrons. The number of benzene rings is 2. The highest BCUT2D eigenvalue weighted by atomic mass is 32.2. The van der Waals surface area contributed by atoms with E-state index in [1.807, 2.05) is 0 Å². The van der Waals surface area contributed by atoms with Gasteiger partial charge in [0.2, 0.25) is 5.95 Å². The summed E-state index contributed by atoms with van der Waals surface area (Å²) in [5.41, 5.74) is 5.18. The highest BCUT2D eigenvalue weighted by Crippen LogP contribution is 2.41. The molecule has 0 spiro atoms. The fourth-order valence-corrected chi connectivity index (χ4v) is 3.76. The van der Waals surface area contributed by atoms with Gasteiger partial charge >= 0.3 is 6.18 Å². The van der Waals surface area contributed by atoms with Crippen molar-refractivity contribution in [2.24, 2.45) is 0 Å². The number of alkyl halides is 3. The maximum absolute atomic E-state index is 13.5. The van der Waals surface area contributed by atoms with Crippen LogP contribution in [0, 0.1) is 6.92 Å². The summed E-state index contributed by atoms with van der Waals surface area (Å²) >= 11 is 0. The van der Waals surface area contributed by atoms with Gasteiger partial charge in [0.15, 0.2) is 9.84 Å². The van der Waals surface area contributed by atoms with Crippen molar-refractivity contribution in [3.8, 4) is 11.1 Å². The van der Waals surface area contributed by atoms with Crippen molar-refractivity contribution in [2.75, 3.05) is 12.0 Å². The van der Waals surface area contributed by atoms with Crippen LogP contribution in [0.25, 0.3) is 22.0 Å². The Bertz CT molecular complexity index is 1130. The van der Waals surface area contributed by atoms with Crippen LogP contribution < -0.4 is 11.9 Å². The minimum Gasteiger partial charge on any atom is -0.368 e. The molecular formula is C17H17F3N4O2S. The molecule has 3 rings (SSSR count). The van der Waals surface area contributed by atoms with E-state index >= 15 is 0 Å². The van der Waals surface area contributed by atoms with E-state index in [1.54, 1.807) is 13.0 Å². The normalized spacial score (nSPS) is 12.0. The van der Waals surface area contributed by atoms with Gasteiger partial charge < -0.3 is 11.9 Å². The third-order valence-electron chi connectivity index (χ3n) is 3.92. The first kappa shape index (κ1) is 20.6. The molecule has 1 aromatic heterocycles. The second-order valence-corrected chi connectivity index (χ2v) is 7.83. The SMILES string of the molecule is Cc1nc(N)nc2cc(-c3c(C(F)(F)F)cccc3S(C)(=O)=O)ccc12.N. The number of nitrogens with zero attached hydrogens (tertiary/aromatic N) is 2. The molecule has 0 saturated heterocycles. The highest BCUT2D eigenvalue weighted by Gasteiger charge is 2.36. The number of sulfone groups is 1. The fraction of sp³-hybridized carbons (Fsp3) is 0.176. The lowest BCUT2D eigenvalue weighted by atomic mass is 9.97. The van der Waals surface area contributed by atoms with Gasteiger partial charge in [-0.05, 0) is 30.7 Å². The number of halogens is 3. The molecule has 0 aliphatic heterocycles. The molecule has 0 aliphatic rings. The number of hydrogen-bond acceptors (Lipinski definition) is 6. The van der Waals surface area contributed by atoms with Crippen LogP contribution in [0.3, 0.4) is 0 Å². The van der Waals surface area contributed by atoms with Crippen LogP contribution in [0.5, 0.6) is 0 Å².